The van der Waals surface area contributed by atoms with Crippen LogP contribution in [0.5, 0.6) is 0 Å². The number of aromatic nitrogens is 4. The molecule has 234 valence electrons. The van der Waals surface area contributed by atoms with Gasteiger partial charge in [-0.2, -0.15) is 10.2 Å². The zero-order chi connectivity index (χ0) is 33.1. The molecule has 0 aliphatic rings. The summed E-state index contributed by atoms with van der Waals surface area (Å²) in [6, 6.07) is 20.9. The maximum Gasteiger partial charge on any atom is 0.203 e. The van der Waals surface area contributed by atoms with Gasteiger partial charge in [0.25, 0.3) is 0 Å². The van der Waals surface area contributed by atoms with E-state index in [1.807, 2.05) is 135 Å². The van der Waals surface area contributed by atoms with Gasteiger partial charge in [-0.1, -0.05) is 91.8 Å². The normalized spacial score (nSPS) is 11.7. The number of rotatable bonds is 4. The van der Waals surface area contributed by atoms with Gasteiger partial charge in [0, 0.05) is 44.8 Å². The summed E-state index contributed by atoms with van der Waals surface area (Å²) >= 11 is 0. The van der Waals surface area contributed by atoms with Crippen LogP contribution in [0.15, 0.2) is 83.5 Å². The van der Waals surface area contributed by atoms with Gasteiger partial charge < -0.3 is 4.42 Å². The van der Waals surface area contributed by atoms with E-state index in [2.05, 4.69) is 15.3 Å². The molecule has 45 heavy (non-hydrogen) atoms. The van der Waals surface area contributed by atoms with E-state index in [4.69, 9.17) is 4.42 Å². The number of aryl methyl sites for hydroxylation is 1. The standard InChI is InChI=1S/C14H16O2.C12H14N2O.C11H12N2O/c1-9-10-7-5-6-8-11(10)16-12(9)13(15)14(2,3)4;1-12(2,3)11(15)8-4-5-9-7-13-14-10(9)6-8;1-8(2)11(14)10-7-9-5-3-4-6-13(9)12-10/h5-8H,1-4H3;4-7H,1-3H3,(H,13,14);3-8H,1-2H3. The first kappa shape index (κ1) is 33.1. The van der Waals surface area contributed by atoms with Crippen molar-refractivity contribution in [2.75, 3.05) is 0 Å². The van der Waals surface area contributed by atoms with Crippen LogP contribution >= 0.6 is 0 Å². The van der Waals surface area contributed by atoms with Gasteiger partial charge in [0.15, 0.2) is 17.3 Å². The van der Waals surface area contributed by atoms with Crippen LogP contribution in [0.1, 0.15) is 92.4 Å². The molecule has 0 saturated carbocycles. The Balaban J connectivity index is 0.000000154. The summed E-state index contributed by atoms with van der Waals surface area (Å²) in [5.74, 6) is 0.794. The van der Waals surface area contributed by atoms with Crippen LogP contribution in [0.3, 0.4) is 0 Å². The molecule has 0 saturated heterocycles. The van der Waals surface area contributed by atoms with Crippen molar-refractivity contribution in [3.63, 3.8) is 0 Å². The van der Waals surface area contributed by atoms with Crippen molar-refractivity contribution in [1.29, 1.82) is 0 Å². The number of para-hydroxylation sites is 1. The first-order valence-electron chi connectivity index (χ1n) is 15.1. The molecule has 0 bridgehead atoms. The van der Waals surface area contributed by atoms with Crippen molar-refractivity contribution in [3.05, 3.63) is 102 Å². The van der Waals surface area contributed by atoms with Crippen molar-refractivity contribution in [2.45, 2.75) is 62.3 Å². The summed E-state index contributed by atoms with van der Waals surface area (Å²) in [5.41, 5.74) is 4.13. The number of nitrogens with zero attached hydrogens (tertiary/aromatic N) is 3. The first-order chi connectivity index (χ1) is 21.1. The summed E-state index contributed by atoms with van der Waals surface area (Å²) in [4.78, 5) is 35.8. The SMILES string of the molecule is CC(C)(C)C(=O)c1ccc2cn[nH]c2c1.CC(C)C(=O)c1cc2ccccn2n1.Cc1c(C(=O)C(C)(C)C)oc2ccccc12. The van der Waals surface area contributed by atoms with Gasteiger partial charge in [0.2, 0.25) is 5.78 Å². The third kappa shape index (κ3) is 7.63. The second kappa shape index (κ2) is 13.0. The Labute approximate surface area is 263 Å². The summed E-state index contributed by atoms with van der Waals surface area (Å²) in [6.07, 6.45) is 3.59. The Kier molecular flexibility index (Phi) is 9.56. The lowest BCUT2D eigenvalue weighted by molar-refractivity contribution is 0.0828. The van der Waals surface area contributed by atoms with Crippen LogP contribution in [0.2, 0.25) is 0 Å². The smallest absolute Gasteiger partial charge is 0.203 e. The number of benzene rings is 2. The molecule has 6 rings (SSSR count). The van der Waals surface area contributed by atoms with E-state index < -0.39 is 5.41 Å². The van der Waals surface area contributed by atoms with Gasteiger partial charge in [0.05, 0.1) is 17.2 Å². The number of carbonyl (C=O) groups is 3. The highest BCUT2D eigenvalue weighted by molar-refractivity contribution is 6.03. The van der Waals surface area contributed by atoms with Gasteiger partial charge in [-0.25, -0.2) is 4.52 Å². The van der Waals surface area contributed by atoms with Crippen molar-refractivity contribution in [1.82, 2.24) is 19.8 Å². The molecule has 4 aromatic heterocycles. The van der Waals surface area contributed by atoms with E-state index in [-0.39, 0.29) is 28.7 Å². The summed E-state index contributed by atoms with van der Waals surface area (Å²) in [5, 5.41) is 13.0. The molecule has 0 unspecified atom stereocenters. The molecule has 0 amide bonds. The highest BCUT2D eigenvalue weighted by atomic mass is 16.3. The second-order valence-electron chi connectivity index (χ2n) is 13.5. The molecule has 0 aliphatic carbocycles. The van der Waals surface area contributed by atoms with Crippen molar-refractivity contribution in [2.24, 2.45) is 16.7 Å². The molecule has 0 aliphatic heterocycles. The average molecular weight is 607 g/mol. The number of ketones is 3. The van der Waals surface area contributed by atoms with Crippen molar-refractivity contribution >= 4 is 44.7 Å². The zero-order valence-electron chi connectivity index (χ0n) is 27.6. The second-order valence-corrected chi connectivity index (χ2v) is 13.5. The van der Waals surface area contributed by atoms with E-state index in [1.165, 1.54) is 0 Å². The van der Waals surface area contributed by atoms with Crippen LogP contribution in [0, 0.1) is 23.7 Å². The zero-order valence-corrected chi connectivity index (χ0v) is 27.6. The summed E-state index contributed by atoms with van der Waals surface area (Å²) in [7, 11) is 0. The molecule has 4 heterocycles. The predicted octanol–water partition coefficient (Wildman–Crippen LogP) is 8.93. The molecular weight excluding hydrogens is 564 g/mol. The van der Waals surface area contributed by atoms with Gasteiger partial charge in [-0.15, -0.1) is 0 Å². The maximum atomic E-state index is 12.2. The van der Waals surface area contributed by atoms with Crippen LogP contribution in [-0.4, -0.2) is 37.2 Å². The fraction of sp³-hybridized carbons (Fsp3) is 0.324. The molecule has 8 nitrogen and oxygen atoms in total. The van der Waals surface area contributed by atoms with Crippen LogP contribution in [0.25, 0.3) is 27.4 Å². The number of pyridine rings is 1. The van der Waals surface area contributed by atoms with Crippen LogP contribution < -0.4 is 0 Å². The van der Waals surface area contributed by atoms with Gasteiger partial charge in [0.1, 0.15) is 11.3 Å². The Hall–Kier alpha value is -4.85. The number of H-pyrrole nitrogens is 1. The predicted molar refractivity (Wildman–Crippen MR) is 179 cm³/mol. The number of furan rings is 1. The largest absolute Gasteiger partial charge is 0.453 e. The first-order valence-corrected chi connectivity index (χ1v) is 15.1. The minimum absolute atomic E-state index is 0.0000813. The molecule has 6 aromatic rings. The fourth-order valence-electron chi connectivity index (χ4n) is 4.60. The quantitative estimate of drug-likeness (QED) is 0.201. The van der Waals surface area contributed by atoms with Crippen LogP contribution in [0.4, 0.5) is 0 Å². The highest BCUT2D eigenvalue weighted by Gasteiger charge is 2.28. The molecule has 0 atom stereocenters. The Morgan fingerprint density at radius 1 is 0.844 bits per heavy atom. The lowest BCUT2D eigenvalue weighted by atomic mass is 9.86. The Morgan fingerprint density at radius 3 is 2.13 bits per heavy atom. The number of Topliss-reactive ketones (excluding diaryl/α,β-unsaturated/α-hetero) is 3. The topological polar surface area (TPSA) is 110 Å². The van der Waals surface area contributed by atoms with Crippen molar-refractivity contribution < 1.29 is 18.8 Å². The summed E-state index contributed by atoms with van der Waals surface area (Å²) in [6.45, 7) is 17.2. The van der Waals surface area contributed by atoms with Crippen molar-refractivity contribution in [3.8, 4) is 0 Å². The molecule has 0 fully saturated rings. The van der Waals surface area contributed by atoms with E-state index in [9.17, 15) is 14.4 Å². The van der Waals surface area contributed by atoms with Gasteiger partial charge in [-0.05, 0) is 37.3 Å². The molecule has 1 N–H and O–H groups in total. The number of aromatic amines is 1. The fourth-order valence-corrected chi connectivity index (χ4v) is 4.60. The molecule has 8 heteroatoms. The molecule has 2 aromatic carbocycles. The monoisotopic (exact) mass is 606 g/mol. The number of carbonyl (C=O) groups excluding carboxylic acids is 3. The van der Waals surface area contributed by atoms with E-state index in [1.54, 1.807) is 10.7 Å². The number of fused-ring (bicyclic) bond motifs is 3. The molecular formula is C37H42N4O4. The third-order valence-corrected chi connectivity index (χ3v) is 7.26. The van der Waals surface area contributed by atoms with E-state index in [0.29, 0.717) is 11.5 Å². The minimum Gasteiger partial charge on any atom is -0.453 e. The van der Waals surface area contributed by atoms with Gasteiger partial charge in [-0.3, -0.25) is 19.5 Å². The minimum atomic E-state index is -0.404. The average Bonchev–Trinajstić information content (AvgIpc) is 3.72. The number of nitrogens with one attached hydrogen (secondary N) is 1. The van der Waals surface area contributed by atoms with E-state index in [0.717, 1.165) is 38.5 Å². The summed E-state index contributed by atoms with van der Waals surface area (Å²) < 4.78 is 7.36. The lowest BCUT2D eigenvalue weighted by Gasteiger charge is -2.16. The Morgan fingerprint density at radius 2 is 1.51 bits per heavy atom. The lowest BCUT2D eigenvalue weighted by Crippen LogP contribution is -2.20. The van der Waals surface area contributed by atoms with E-state index >= 15 is 0 Å². The maximum absolute atomic E-state index is 12.2. The molecule has 0 radical (unpaired) electrons. The highest BCUT2D eigenvalue weighted by Crippen LogP contribution is 2.30. The van der Waals surface area contributed by atoms with Crippen LogP contribution in [-0.2, 0) is 0 Å². The van der Waals surface area contributed by atoms with Gasteiger partial charge >= 0.3 is 0 Å². The Bertz CT molecular complexity index is 1940. The molecule has 0 spiro atoms. The number of hydrogen-bond donors (Lipinski definition) is 1. The number of hydrogen-bond acceptors (Lipinski definition) is 6. The third-order valence-electron chi connectivity index (χ3n) is 7.26.